The monoisotopic (exact) mass is 444 g/mol. The van der Waals surface area contributed by atoms with Gasteiger partial charge in [0, 0.05) is 10.9 Å². The van der Waals surface area contributed by atoms with Crippen LogP contribution in [0.3, 0.4) is 0 Å². The number of hydrogen-bond donors (Lipinski definition) is 1. The lowest BCUT2D eigenvalue weighted by atomic mass is 9.93. The van der Waals surface area contributed by atoms with Crippen LogP contribution in [-0.2, 0) is 0 Å². The van der Waals surface area contributed by atoms with Gasteiger partial charge < -0.3 is 9.52 Å². The minimum absolute atomic E-state index is 0.204. The fourth-order valence-corrected chi connectivity index (χ4v) is 4.39. The quantitative estimate of drug-likeness (QED) is 0.339. The van der Waals surface area contributed by atoms with Crippen LogP contribution < -0.4 is 0 Å². The van der Waals surface area contributed by atoms with E-state index in [1.54, 1.807) is 0 Å². The molecule has 0 atom stereocenters. The van der Waals surface area contributed by atoms with Crippen LogP contribution >= 0.6 is 31.9 Å². The maximum atomic E-state index is 10.1. The Morgan fingerprint density at radius 1 is 0.958 bits per heavy atom. The van der Waals surface area contributed by atoms with E-state index in [2.05, 4.69) is 57.0 Å². The molecule has 120 valence electrons. The van der Waals surface area contributed by atoms with Crippen molar-refractivity contribution in [3.8, 4) is 16.9 Å². The normalized spacial score (nSPS) is 11.5. The van der Waals surface area contributed by atoms with Gasteiger partial charge in [0.15, 0.2) is 0 Å². The van der Waals surface area contributed by atoms with Gasteiger partial charge in [0.05, 0.1) is 8.95 Å². The number of benzene rings is 3. The van der Waals surface area contributed by atoms with Crippen molar-refractivity contribution in [2.75, 3.05) is 0 Å². The molecular formula is C20H14Br2O2. The number of phenolic OH excluding ortho intramolecular Hbond substituents is 1. The molecule has 3 aromatic carbocycles. The first-order valence-electron chi connectivity index (χ1n) is 7.57. The van der Waals surface area contributed by atoms with E-state index in [0.29, 0.717) is 8.95 Å². The van der Waals surface area contributed by atoms with Crippen LogP contribution in [0, 0.1) is 13.8 Å². The summed E-state index contributed by atoms with van der Waals surface area (Å²) in [5.74, 6) is 1.13. The summed E-state index contributed by atoms with van der Waals surface area (Å²) in [5, 5.41) is 13.5. The summed E-state index contributed by atoms with van der Waals surface area (Å²) >= 11 is 6.89. The number of halogens is 2. The Labute approximate surface area is 156 Å². The number of rotatable bonds is 1. The van der Waals surface area contributed by atoms with E-state index in [4.69, 9.17) is 4.42 Å². The second-order valence-electron chi connectivity index (χ2n) is 5.92. The van der Waals surface area contributed by atoms with Crippen LogP contribution in [0.15, 0.2) is 55.8 Å². The van der Waals surface area contributed by atoms with E-state index < -0.39 is 0 Å². The minimum Gasteiger partial charge on any atom is -0.506 e. The predicted octanol–water partition coefficient (Wildman–Crippen LogP) is 7.10. The molecule has 0 aliphatic carbocycles. The van der Waals surface area contributed by atoms with Gasteiger partial charge in [0.25, 0.3) is 0 Å². The highest BCUT2D eigenvalue weighted by molar-refractivity contribution is 9.11. The lowest BCUT2D eigenvalue weighted by Crippen LogP contribution is -1.86. The molecule has 1 N–H and O–H groups in total. The third-order valence-electron chi connectivity index (χ3n) is 4.48. The number of fused-ring (bicyclic) bond motifs is 2. The van der Waals surface area contributed by atoms with Crippen molar-refractivity contribution in [1.29, 1.82) is 0 Å². The molecule has 0 aliphatic rings. The Bertz CT molecular complexity index is 1090. The first-order chi connectivity index (χ1) is 11.5. The molecule has 1 aromatic heterocycles. The molecule has 24 heavy (non-hydrogen) atoms. The van der Waals surface area contributed by atoms with Crippen LogP contribution in [0.4, 0.5) is 0 Å². The van der Waals surface area contributed by atoms with Crippen molar-refractivity contribution >= 4 is 53.6 Å². The third-order valence-corrected chi connectivity index (χ3v) is 5.69. The lowest BCUT2D eigenvalue weighted by molar-refractivity contribution is 0.468. The van der Waals surface area contributed by atoms with E-state index in [1.807, 2.05) is 31.2 Å². The Hall–Kier alpha value is -1.78. The fraction of sp³-hybridized carbons (Fsp3) is 0.100. The number of aromatic hydroxyl groups is 1. The standard InChI is InChI=1S/C20H14Br2O2/c1-10-11(2)24-17-9-12-5-3-4-6-14(12)19(18(10)17)13-7-15(21)20(23)16(22)8-13/h3-9,23H,1-2H3. The summed E-state index contributed by atoms with van der Waals surface area (Å²) in [4.78, 5) is 0. The first kappa shape index (κ1) is 15.7. The summed E-state index contributed by atoms with van der Waals surface area (Å²) < 4.78 is 7.30. The molecule has 0 saturated heterocycles. The van der Waals surface area contributed by atoms with Gasteiger partial charge in [0.1, 0.15) is 17.1 Å². The average molecular weight is 446 g/mol. The molecule has 0 unspecified atom stereocenters. The molecule has 0 fully saturated rings. The average Bonchev–Trinajstić information content (AvgIpc) is 2.84. The smallest absolute Gasteiger partial charge is 0.143 e. The Morgan fingerprint density at radius 3 is 2.33 bits per heavy atom. The van der Waals surface area contributed by atoms with Gasteiger partial charge in [-0.15, -0.1) is 0 Å². The zero-order valence-corrected chi connectivity index (χ0v) is 16.3. The van der Waals surface area contributed by atoms with Gasteiger partial charge in [0.2, 0.25) is 0 Å². The first-order valence-corrected chi connectivity index (χ1v) is 9.16. The van der Waals surface area contributed by atoms with Crippen molar-refractivity contribution in [3.05, 3.63) is 62.7 Å². The molecule has 0 bridgehead atoms. The van der Waals surface area contributed by atoms with Gasteiger partial charge in [-0.25, -0.2) is 0 Å². The van der Waals surface area contributed by atoms with Crippen molar-refractivity contribution in [3.63, 3.8) is 0 Å². The van der Waals surface area contributed by atoms with Crippen molar-refractivity contribution in [2.45, 2.75) is 13.8 Å². The largest absolute Gasteiger partial charge is 0.506 e. The van der Waals surface area contributed by atoms with E-state index in [9.17, 15) is 5.11 Å². The SMILES string of the molecule is Cc1oc2cc3ccccc3c(-c3cc(Br)c(O)c(Br)c3)c2c1C. The number of furan rings is 1. The van der Waals surface area contributed by atoms with E-state index >= 15 is 0 Å². The van der Waals surface area contributed by atoms with E-state index in [0.717, 1.165) is 38.8 Å². The second-order valence-corrected chi connectivity index (χ2v) is 7.63. The highest BCUT2D eigenvalue weighted by Crippen LogP contribution is 2.43. The molecule has 0 aliphatic heterocycles. The summed E-state index contributed by atoms with van der Waals surface area (Å²) in [7, 11) is 0. The van der Waals surface area contributed by atoms with Crippen molar-refractivity contribution in [1.82, 2.24) is 0 Å². The lowest BCUT2D eigenvalue weighted by Gasteiger charge is -2.12. The molecule has 4 aromatic rings. The summed E-state index contributed by atoms with van der Waals surface area (Å²) in [5.41, 5.74) is 4.18. The summed E-state index contributed by atoms with van der Waals surface area (Å²) in [6.45, 7) is 4.08. The molecule has 0 spiro atoms. The van der Waals surface area contributed by atoms with Gasteiger partial charge in [-0.1, -0.05) is 24.3 Å². The topological polar surface area (TPSA) is 33.4 Å². The Morgan fingerprint density at radius 2 is 1.62 bits per heavy atom. The maximum Gasteiger partial charge on any atom is 0.143 e. The molecule has 0 saturated carbocycles. The van der Waals surface area contributed by atoms with E-state index in [-0.39, 0.29) is 5.75 Å². The highest BCUT2D eigenvalue weighted by atomic mass is 79.9. The number of phenols is 1. The van der Waals surface area contributed by atoms with Crippen molar-refractivity contribution < 1.29 is 9.52 Å². The summed E-state index contributed by atoms with van der Waals surface area (Å²) in [6, 6.07) is 14.3. The Kier molecular flexibility index (Phi) is 3.70. The maximum absolute atomic E-state index is 10.1. The zero-order chi connectivity index (χ0) is 17.0. The Balaban J connectivity index is 2.23. The van der Waals surface area contributed by atoms with Crippen molar-refractivity contribution in [2.24, 2.45) is 0 Å². The highest BCUT2D eigenvalue weighted by Gasteiger charge is 2.18. The molecule has 0 radical (unpaired) electrons. The van der Waals surface area contributed by atoms with Crippen LogP contribution in [0.1, 0.15) is 11.3 Å². The van der Waals surface area contributed by atoms with Crippen LogP contribution in [0.2, 0.25) is 0 Å². The molecule has 0 amide bonds. The predicted molar refractivity (Wildman–Crippen MR) is 106 cm³/mol. The van der Waals surface area contributed by atoms with Gasteiger partial charge in [-0.3, -0.25) is 0 Å². The minimum atomic E-state index is 0.204. The number of hydrogen-bond acceptors (Lipinski definition) is 2. The second kappa shape index (κ2) is 5.64. The molecular weight excluding hydrogens is 432 g/mol. The number of aryl methyl sites for hydroxylation is 2. The zero-order valence-electron chi connectivity index (χ0n) is 13.2. The molecule has 4 rings (SSSR count). The summed E-state index contributed by atoms with van der Waals surface area (Å²) in [6.07, 6.45) is 0. The van der Waals surface area contributed by atoms with Crippen LogP contribution in [0.5, 0.6) is 5.75 Å². The van der Waals surface area contributed by atoms with E-state index in [1.165, 1.54) is 5.39 Å². The van der Waals surface area contributed by atoms with Gasteiger partial charge >= 0.3 is 0 Å². The third kappa shape index (κ3) is 2.28. The van der Waals surface area contributed by atoms with Crippen LogP contribution in [-0.4, -0.2) is 5.11 Å². The molecule has 1 heterocycles. The molecule has 4 heteroatoms. The van der Waals surface area contributed by atoms with Gasteiger partial charge in [-0.2, -0.15) is 0 Å². The van der Waals surface area contributed by atoms with Gasteiger partial charge in [-0.05, 0) is 85.8 Å². The fourth-order valence-electron chi connectivity index (χ4n) is 3.20. The molecule has 2 nitrogen and oxygen atoms in total. The van der Waals surface area contributed by atoms with Crippen LogP contribution in [0.25, 0.3) is 32.9 Å².